The summed E-state index contributed by atoms with van der Waals surface area (Å²) < 4.78 is 27.9. The fourth-order valence-corrected chi connectivity index (χ4v) is 3.31. The van der Waals surface area contributed by atoms with E-state index >= 15 is 0 Å². The number of unbranched alkanes of at least 4 members (excludes halogenated alkanes) is 3. The van der Waals surface area contributed by atoms with Crippen molar-refractivity contribution in [1.29, 1.82) is 0 Å². The molecule has 2 N–H and O–H groups in total. The Bertz CT molecular complexity index is 287. The average Bonchev–Trinajstić information content (AvgIpc) is 2.35. The van der Waals surface area contributed by atoms with Gasteiger partial charge in [0.1, 0.15) is 0 Å². The highest BCUT2D eigenvalue weighted by Crippen LogP contribution is 2.11. The van der Waals surface area contributed by atoms with Gasteiger partial charge in [-0.1, -0.05) is 19.3 Å². The molecule has 0 saturated carbocycles. The maximum Gasteiger partial charge on any atom is 0.279 e. The predicted octanol–water partition coefficient (Wildman–Crippen LogP) is 0.859. The van der Waals surface area contributed by atoms with Gasteiger partial charge in [-0.2, -0.15) is 12.7 Å². The average molecular weight is 264 g/mol. The van der Waals surface area contributed by atoms with E-state index in [1.807, 2.05) is 0 Å². The summed E-state index contributed by atoms with van der Waals surface area (Å²) in [5.74, 6) is 0. The van der Waals surface area contributed by atoms with Gasteiger partial charge < -0.3 is 5.11 Å². The summed E-state index contributed by atoms with van der Waals surface area (Å²) in [5, 5.41) is 8.60. The number of piperidine rings is 1. The van der Waals surface area contributed by atoms with E-state index in [4.69, 9.17) is 5.11 Å². The van der Waals surface area contributed by atoms with E-state index in [-0.39, 0.29) is 6.61 Å². The highest BCUT2D eigenvalue weighted by molar-refractivity contribution is 7.87. The van der Waals surface area contributed by atoms with Crippen LogP contribution in [0.1, 0.15) is 44.9 Å². The largest absolute Gasteiger partial charge is 0.396 e. The van der Waals surface area contributed by atoms with Gasteiger partial charge in [-0.3, -0.25) is 0 Å². The highest BCUT2D eigenvalue weighted by Gasteiger charge is 2.22. The van der Waals surface area contributed by atoms with Gasteiger partial charge in [0.25, 0.3) is 10.2 Å². The van der Waals surface area contributed by atoms with Crippen LogP contribution >= 0.6 is 0 Å². The quantitative estimate of drug-likeness (QED) is 0.639. The van der Waals surface area contributed by atoms with E-state index in [2.05, 4.69) is 4.72 Å². The van der Waals surface area contributed by atoms with Crippen molar-refractivity contribution in [3.63, 3.8) is 0 Å². The van der Waals surface area contributed by atoms with Crippen LogP contribution in [0.25, 0.3) is 0 Å². The van der Waals surface area contributed by atoms with Crippen LogP contribution in [0.2, 0.25) is 0 Å². The summed E-state index contributed by atoms with van der Waals surface area (Å²) in [6.45, 7) is 2.03. The number of hydrogen-bond acceptors (Lipinski definition) is 3. The van der Waals surface area contributed by atoms with Crippen LogP contribution < -0.4 is 4.72 Å². The lowest BCUT2D eigenvalue weighted by atomic mass is 10.2. The van der Waals surface area contributed by atoms with Crippen molar-refractivity contribution in [2.24, 2.45) is 0 Å². The second kappa shape index (κ2) is 8.02. The fourth-order valence-electron chi connectivity index (χ4n) is 1.99. The van der Waals surface area contributed by atoms with Gasteiger partial charge in [-0.05, 0) is 25.7 Å². The minimum atomic E-state index is -3.24. The topological polar surface area (TPSA) is 69.6 Å². The molecule has 0 aliphatic carbocycles. The van der Waals surface area contributed by atoms with Crippen LogP contribution in [0.15, 0.2) is 0 Å². The highest BCUT2D eigenvalue weighted by atomic mass is 32.2. The Morgan fingerprint density at radius 1 is 1.00 bits per heavy atom. The smallest absolute Gasteiger partial charge is 0.279 e. The molecule has 1 heterocycles. The lowest BCUT2D eigenvalue weighted by Gasteiger charge is -2.25. The van der Waals surface area contributed by atoms with Gasteiger partial charge in [0.15, 0.2) is 0 Å². The molecule has 1 fully saturated rings. The molecule has 0 amide bonds. The molecule has 0 atom stereocenters. The van der Waals surface area contributed by atoms with Crippen molar-refractivity contribution in [3.8, 4) is 0 Å². The van der Waals surface area contributed by atoms with E-state index in [9.17, 15) is 8.42 Å². The van der Waals surface area contributed by atoms with Crippen LogP contribution in [-0.2, 0) is 10.2 Å². The maximum absolute atomic E-state index is 11.8. The molecule has 0 bridgehead atoms. The SMILES string of the molecule is O=S(=O)(NCCCCCCO)N1CCCCC1. The Morgan fingerprint density at radius 3 is 2.29 bits per heavy atom. The third-order valence-corrected chi connectivity index (χ3v) is 4.64. The molecule has 1 saturated heterocycles. The first-order valence-electron chi connectivity index (χ1n) is 6.52. The Hall–Kier alpha value is -0.170. The number of aliphatic hydroxyl groups is 1. The van der Waals surface area contributed by atoms with Crippen LogP contribution in [0.4, 0.5) is 0 Å². The minimum Gasteiger partial charge on any atom is -0.396 e. The molecule has 0 aromatic heterocycles. The third-order valence-electron chi connectivity index (χ3n) is 3.02. The van der Waals surface area contributed by atoms with Crippen molar-refractivity contribution in [2.45, 2.75) is 44.9 Å². The van der Waals surface area contributed by atoms with Gasteiger partial charge in [0.2, 0.25) is 0 Å². The fraction of sp³-hybridized carbons (Fsp3) is 1.00. The normalized spacial score (nSPS) is 18.4. The van der Waals surface area contributed by atoms with E-state index < -0.39 is 10.2 Å². The zero-order valence-electron chi connectivity index (χ0n) is 10.4. The van der Waals surface area contributed by atoms with Crippen LogP contribution in [-0.4, -0.2) is 44.1 Å². The second-order valence-corrected chi connectivity index (χ2v) is 6.25. The summed E-state index contributed by atoms with van der Waals surface area (Å²) in [6.07, 6.45) is 6.64. The third kappa shape index (κ3) is 5.81. The van der Waals surface area contributed by atoms with Crippen LogP contribution in [0.3, 0.4) is 0 Å². The molecular weight excluding hydrogens is 240 g/mol. The van der Waals surface area contributed by atoms with Crippen molar-refractivity contribution < 1.29 is 13.5 Å². The van der Waals surface area contributed by atoms with Crippen molar-refractivity contribution >= 4 is 10.2 Å². The van der Waals surface area contributed by atoms with Crippen molar-refractivity contribution in [2.75, 3.05) is 26.2 Å². The molecular formula is C11H24N2O3S. The summed E-state index contributed by atoms with van der Waals surface area (Å²) in [7, 11) is -3.24. The number of nitrogens with zero attached hydrogens (tertiary/aromatic N) is 1. The van der Waals surface area contributed by atoms with E-state index in [1.165, 1.54) is 0 Å². The molecule has 6 heteroatoms. The number of nitrogens with one attached hydrogen (secondary N) is 1. The first-order valence-corrected chi connectivity index (χ1v) is 7.96. The standard InChI is InChI=1S/C11H24N2O3S/c14-11-7-2-1-4-8-12-17(15,16)13-9-5-3-6-10-13/h12,14H,1-11H2. The Balaban J connectivity index is 2.15. The number of aliphatic hydroxyl groups excluding tert-OH is 1. The lowest BCUT2D eigenvalue weighted by Crippen LogP contribution is -2.43. The van der Waals surface area contributed by atoms with Gasteiger partial charge in [0, 0.05) is 26.2 Å². The minimum absolute atomic E-state index is 0.222. The lowest BCUT2D eigenvalue weighted by molar-refractivity contribution is 0.282. The molecule has 1 aliphatic rings. The van der Waals surface area contributed by atoms with Gasteiger partial charge in [-0.15, -0.1) is 0 Å². The Morgan fingerprint density at radius 2 is 1.65 bits per heavy atom. The van der Waals surface area contributed by atoms with E-state index in [0.717, 1.165) is 44.9 Å². The van der Waals surface area contributed by atoms with Crippen molar-refractivity contribution in [1.82, 2.24) is 9.03 Å². The maximum atomic E-state index is 11.8. The number of rotatable bonds is 8. The summed E-state index contributed by atoms with van der Waals surface area (Å²) in [5.41, 5.74) is 0. The summed E-state index contributed by atoms with van der Waals surface area (Å²) in [4.78, 5) is 0. The first-order chi connectivity index (χ1) is 8.17. The van der Waals surface area contributed by atoms with E-state index in [1.54, 1.807) is 4.31 Å². The molecule has 102 valence electrons. The second-order valence-electron chi connectivity index (χ2n) is 4.50. The summed E-state index contributed by atoms with van der Waals surface area (Å²) in [6, 6.07) is 0. The number of hydrogen-bond donors (Lipinski definition) is 2. The monoisotopic (exact) mass is 264 g/mol. The molecule has 1 aliphatic heterocycles. The van der Waals surface area contributed by atoms with Crippen molar-refractivity contribution in [3.05, 3.63) is 0 Å². The van der Waals surface area contributed by atoms with E-state index in [0.29, 0.717) is 19.6 Å². The molecule has 0 aromatic carbocycles. The Kier molecular flexibility index (Phi) is 7.03. The van der Waals surface area contributed by atoms with Gasteiger partial charge in [-0.25, -0.2) is 4.72 Å². The molecule has 0 spiro atoms. The Labute approximate surface area is 104 Å². The zero-order chi connectivity index (χ0) is 12.6. The van der Waals surface area contributed by atoms with Crippen LogP contribution in [0.5, 0.6) is 0 Å². The molecule has 0 radical (unpaired) electrons. The molecule has 17 heavy (non-hydrogen) atoms. The predicted molar refractivity (Wildman–Crippen MR) is 67.9 cm³/mol. The molecule has 0 unspecified atom stereocenters. The van der Waals surface area contributed by atoms with Crippen LogP contribution in [0, 0.1) is 0 Å². The summed E-state index contributed by atoms with van der Waals surface area (Å²) >= 11 is 0. The zero-order valence-corrected chi connectivity index (χ0v) is 11.2. The first kappa shape index (κ1) is 14.9. The van der Waals surface area contributed by atoms with Gasteiger partial charge >= 0.3 is 0 Å². The molecule has 0 aromatic rings. The van der Waals surface area contributed by atoms with Gasteiger partial charge in [0.05, 0.1) is 0 Å². The molecule has 5 nitrogen and oxygen atoms in total. The molecule has 1 rings (SSSR count).